The zero-order chi connectivity index (χ0) is 25.1. The number of halogens is 3. The van der Waals surface area contributed by atoms with Crippen LogP contribution in [0, 0.1) is 23.4 Å². The number of piperidine rings is 1. The highest BCUT2D eigenvalue weighted by molar-refractivity contribution is 5.69. The molecule has 10 heteroatoms. The second-order valence-electron chi connectivity index (χ2n) is 8.88. The van der Waals surface area contributed by atoms with Crippen molar-refractivity contribution in [1.29, 1.82) is 0 Å². The number of benzene rings is 1. The fourth-order valence-corrected chi connectivity index (χ4v) is 4.41. The van der Waals surface area contributed by atoms with Crippen LogP contribution in [0.2, 0.25) is 0 Å². The van der Waals surface area contributed by atoms with E-state index in [0.29, 0.717) is 30.0 Å². The van der Waals surface area contributed by atoms with Gasteiger partial charge in [-0.2, -0.15) is 0 Å². The summed E-state index contributed by atoms with van der Waals surface area (Å²) in [6, 6.07) is 6.42. The highest BCUT2D eigenvalue weighted by Crippen LogP contribution is 2.31. The molecule has 0 saturated carbocycles. The first kappa shape index (κ1) is 24.9. The van der Waals surface area contributed by atoms with Gasteiger partial charge in [-0.15, -0.1) is 0 Å². The van der Waals surface area contributed by atoms with Crippen molar-refractivity contribution in [2.75, 3.05) is 30.4 Å². The van der Waals surface area contributed by atoms with Crippen molar-refractivity contribution in [2.45, 2.75) is 32.2 Å². The van der Waals surface area contributed by atoms with Gasteiger partial charge in [0, 0.05) is 37.8 Å². The maximum Gasteiger partial charge on any atom is 0.149 e. The molecule has 1 saturated heterocycles. The van der Waals surface area contributed by atoms with E-state index in [0.717, 1.165) is 11.8 Å². The average molecular weight is 487 g/mol. The van der Waals surface area contributed by atoms with E-state index in [4.69, 9.17) is 5.73 Å². The van der Waals surface area contributed by atoms with Crippen LogP contribution in [0.5, 0.6) is 0 Å². The second-order valence-corrected chi connectivity index (χ2v) is 8.88. The quantitative estimate of drug-likeness (QED) is 0.407. The van der Waals surface area contributed by atoms with E-state index < -0.39 is 29.1 Å². The molecule has 0 radical (unpaired) electrons. The van der Waals surface area contributed by atoms with E-state index in [2.05, 4.69) is 25.5 Å². The minimum absolute atomic E-state index is 0.00891. The number of nitrogens with one attached hydrogen (secondary N) is 2. The Morgan fingerprint density at radius 1 is 1.09 bits per heavy atom. The maximum absolute atomic E-state index is 14.7. The predicted molar refractivity (Wildman–Crippen MR) is 129 cm³/mol. The molecule has 0 amide bonds. The van der Waals surface area contributed by atoms with Gasteiger partial charge < -0.3 is 26.4 Å². The molecule has 3 unspecified atom stereocenters. The molecule has 7 nitrogen and oxygen atoms in total. The van der Waals surface area contributed by atoms with Gasteiger partial charge >= 0.3 is 0 Å². The lowest BCUT2D eigenvalue weighted by Crippen LogP contribution is -2.55. The van der Waals surface area contributed by atoms with Gasteiger partial charge in [0.2, 0.25) is 0 Å². The molecule has 0 spiro atoms. The summed E-state index contributed by atoms with van der Waals surface area (Å²) < 4.78 is 44.0. The molecule has 3 aromatic rings. The van der Waals surface area contributed by atoms with Crippen molar-refractivity contribution in [3.05, 3.63) is 71.4 Å². The lowest BCUT2D eigenvalue weighted by molar-refractivity contribution is 0.0785. The Bertz CT molecular complexity index is 1160. The summed E-state index contributed by atoms with van der Waals surface area (Å²) in [6.07, 6.45) is 2.75. The van der Waals surface area contributed by atoms with Gasteiger partial charge in [0.15, 0.2) is 0 Å². The summed E-state index contributed by atoms with van der Waals surface area (Å²) in [5, 5.41) is 16.2. The van der Waals surface area contributed by atoms with E-state index in [-0.39, 0.29) is 30.7 Å². The van der Waals surface area contributed by atoms with Gasteiger partial charge in [0.1, 0.15) is 23.1 Å². The highest BCUT2D eigenvalue weighted by atomic mass is 19.1. The second kappa shape index (κ2) is 10.6. The third-order valence-electron chi connectivity index (χ3n) is 6.18. The van der Waals surface area contributed by atoms with Crippen molar-refractivity contribution in [1.82, 2.24) is 15.3 Å². The monoisotopic (exact) mass is 486 g/mol. The number of hydrogen-bond acceptors (Lipinski definition) is 7. The third kappa shape index (κ3) is 5.39. The number of nitrogens with zero attached hydrogens (tertiary/aromatic N) is 3. The highest BCUT2D eigenvalue weighted by Gasteiger charge is 2.31. The van der Waals surface area contributed by atoms with Crippen LogP contribution >= 0.6 is 0 Å². The molecule has 3 heterocycles. The van der Waals surface area contributed by atoms with Gasteiger partial charge in [-0.25, -0.2) is 18.2 Å². The lowest BCUT2D eigenvalue weighted by Gasteiger charge is -2.40. The molecule has 1 aromatic carbocycles. The Morgan fingerprint density at radius 2 is 1.83 bits per heavy atom. The summed E-state index contributed by atoms with van der Waals surface area (Å²) in [5.41, 5.74) is 7.59. The van der Waals surface area contributed by atoms with E-state index in [9.17, 15) is 18.3 Å². The summed E-state index contributed by atoms with van der Waals surface area (Å²) in [5.74, 6) is -2.58. The van der Waals surface area contributed by atoms with Gasteiger partial charge in [-0.05, 0) is 42.9 Å². The number of nitrogens with two attached hydrogens (primary N) is 1. The number of anilines is 2. The first-order chi connectivity index (χ1) is 16.8. The van der Waals surface area contributed by atoms with Gasteiger partial charge in [0.05, 0.1) is 41.5 Å². The zero-order valence-corrected chi connectivity index (χ0v) is 19.6. The molecule has 3 atom stereocenters. The summed E-state index contributed by atoms with van der Waals surface area (Å²) in [4.78, 5) is 10.5. The molecular formula is C25H29F3N6O. The van der Waals surface area contributed by atoms with Crippen molar-refractivity contribution in [3.8, 4) is 11.3 Å². The van der Waals surface area contributed by atoms with Crippen LogP contribution in [0.25, 0.3) is 11.3 Å². The summed E-state index contributed by atoms with van der Waals surface area (Å²) >= 11 is 0. The standard InChI is InChI=1S/C25H29F3N6O/c1-14-12-34(13-20(29)25(14)35)22-5-6-31-11-21(22)32-10-16-3-4-17(26)24(33-16)23-18(27)7-15(9-30-2)8-19(23)28/h3-8,11,14,20,25,30,32,35H,9-10,12-13,29H2,1-2H3. The van der Waals surface area contributed by atoms with Crippen molar-refractivity contribution in [2.24, 2.45) is 11.7 Å². The van der Waals surface area contributed by atoms with Crippen molar-refractivity contribution < 1.29 is 18.3 Å². The van der Waals surface area contributed by atoms with Gasteiger partial charge in [-0.1, -0.05) is 6.92 Å². The maximum atomic E-state index is 14.7. The summed E-state index contributed by atoms with van der Waals surface area (Å²) in [6.45, 7) is 3.49. The summed E-state index contributed by atoms with van der Waals surface area (Å²) in [7, 11) is 1.67. The first-order valence-electron chi connectivity index (χ1n) is 11.4. The molecular weight excluding hydrogens is 457 g/mol. The van der Waals surface area contributed by atoms with Crippen molar-refractivity contribution >= 4 is 11.4 Å². The SMILES string of the molecule is CNCc1cc(F)c(-c2nc(CNc3cnccc3N3CC(C)C(O)C(N)C3)ccc2F)c(F)c1. The fraction of sp³-hybridized carbons (Fsp3) is 0.360. The lowest BCUT2D eigenvalue weighted by atomic mass is 9.92. The fourth-order valence-electron chi connectivity index (χ4n) is 4.41. The van der Waals surface area contributed by atoms with Crippen LogP contribution in [-0.4, -0.2) is 47.4 Å². The molecule has 5 N–H and O–H groups in total. The Kier molecular flexibility index (Phi) is 7.54. The minimum Gasteiger partial charge on any atom is -0.391 e. The van der Waals surface area contributed by atoms with Crippen molar-refractivity contribution in [3.63, 3.8) is 0 Å². The Balaban J connectivity index is 1.57. The molecule has 186 valence electrons. The molecule has 1 aliphatic rings. The number of rotatable bonds is 7. The first-order valence-corrected chi connectivity index (χ1v) is 11.4. The van der Waals surface area contributed by atoms with Gasteiger partial charge in [-0.3, -0.25) is 4.98 Å². The van der Waals surface area contributed by atoms with Crippen LogP contribution < -0.4 is 21.3 Å². The molecule has 0 aliphatic carbocycles. The largest absolute Gasteiger partial charge is 0.391 e. The topological polar surface area (TPSA) is 99.3 Å². The van der Waals surface area contributed by atoms with E-state index in [1.54, 1.807) is 19.4 Å². The normalized spacial score (nSPS) is 20.2. The molecule has 0 bridgehead atoms. The van der Waals surface area contributed by atoms with E-state index >= 15 is 0 Å². The van der Waals surface area contributed by atoms with E-state index in [1.807, 2.05) is 13.0 Å². The smallest absolute Gasteiger partial charge is 0.149 e. The molecule has 1 aliphatic heterocycles. The van der Waals surface area contributed by atoms with Gasteiger partial charge in [0.25, 0.3) is 0 Å². The number of aromatic nitrogens is 2. The molecule has 1 fully saturated rings. The Labute approximate surface area is 202 Å². The molecule has 35 heavy (non-hydrogen) atoms. The van der Waals surface area contributed by atoms with Crippen LogP contribution in [0.4, 0.5) is 24.5 Å². The predicted octanol–water partition coefficient (Wildman–Crippen LogP) is 3.04. The Morgan fingerprint density at radius 3 is 2.51 bits per heavy atom. The Hall–Kier alpha value is -3.21. The number of aliphatic hydroxyl groups is 1. The third-order valence-corrected chi connectivity index (χ3v) is 6.18. The van der Waals surface area contributed by atoms with Crippen LogP contribution in [0.15, 0.2) is 42.7 Å². The number of pyridine rings is 2. The average Bonchev–Trinajstić information content (AvgIpc) is 2.82. The zero-order valence-electron chi connectivity index (χ0n) is 19.6. The van der Waals surface area contributed by atoms with Crippen LogP contribution in [0.3, 0.4) is 0 Å². The molecule has 2 aromatic heterocycles. The van der Waals surface area contributed by atoms with E-state index in [1.165, 1.54) is 18.2 Å². The van der Waals surface area contributed by atoms with Crippen LogP contribution in [-0.2, 0) is 13.1 Å². The number of hydrogen-bond donors (Lipinski definition) is 4. The number of aliphatic hydroxyl groups excluding tert-OH is 1. The molecule has 4 rings (SSSR count). The minimum atomic E-state index is -0.876. The van der Waals surface area contributed by atoms with Crippen LogP contribution in [0.1, 0.15) is 18.2 Å².